The molecule has 2 atom stereocenters. The number of hydrogen-bond donors (Lipinski definition) is 0. The molecule has 2 unspecified atom stereocenters. The van der Waals surface area contributed by atoms with Crippen LogP contribution in [0.2, 0.25) is 0 Å². The first-order valence-electron chi connectivity index (χ1n) is 6.86. The lowest BCUT2D eigenvalue weighted by Gasteiger charge is -2.26. The van der Waals surface area contributed by atoms with Crippen LogP contribution in [0.3, 0.4) is 0 Å². The fourth-order valence-corrected chi connectivity index (χ4v) is 3.05. The van der Waals surface area contributed by atoms with Crippen molar-refractivity contribution in [2.24, 2.45) is 0 Å². The van der Waals surface area contributed by atoms with E-state index in [2.05, 4.69) is 16.8 Å². The van der Waals surface area contributed by atoms with Crippen LogP contribution in [0.15, 0.2) is 30.5 Å². The van der Waals surface area contributed by atoms with Crippen molar-refractivity contribution in [2.75, 3.05) is 11.4 Å². The Morgan fingerprint density at radius 1 is 1.37 bits per heavy atom. The van der Waals surface area contributed by atoms with Gasteiger partial charge in [-0.05, 0) is 38.3 Å². The highest BCUT2D eigenvalue weighted by Gasteiger charge is 2.26. The van der Waals surface area contributed by atoms with E-state index in [4.69, 9.17) is 16.6 Å². The molecule has 0 radical (unpaired) electrons. The second kappa shape index (κ2) is 5.33. The molecule has 1 aliphatic heterocycles. The van der Waals surface area contributed by atoms with Gasteiger partial charge in [-0.25, -0.2) is 4.98 Å². The Kier molecular flexibility index (Phi) is 3.56. The van der Waals surface area contributed by atoms with Gasteiger partial charge in [0.25, 0.3) is 0 Å². The van der Waals surface area contributed by atoms with Gasteiger partial charge in [0, 0.05) is 18.0 Å². The highest BCUT2D eigenvalue weighted by molar-refractivity contribution is 6.20. The number of anilines is 1. The van der Waals surface area contributed by atoms with Crippen LogP contribution in [0.25, 0.3) is 11.0 Å². The lowest BCUT2D eigenvalue weighted by molar-refractivity contribution is 0.601. The maximum atomic E-state index is 6.14. The lowest BCUT2D eigenvalue weighted by Crippen LogP contribution is -2.31. The van der Waals surface area contributed by atoms with Gasteiger partial charge < -0.3 is 4.90 Å². The molecule has 0 amide bonds. The van der Waals surface area contributed by atoms with Crippen LogP contribution in [0.4, 0.5) is 5.82 Å². The van der Waals surface area contributed by atoms with E-state index >= 15 is 0 Å². The third-order valence-corrected chi connectivity index (χ3v) is 3.88. The minimum Gasteiger partial charge on any atom is -0.352 e. The largest absolute Gasteiger partial charge is 0.352 e. The highest BCUT2D eigenvalue weighted by Crippen LogP contribution is 2.28. The molecule has 19 heavy (non-hydrogen) atoms. The highest BCUT2D eigenvalue weighted by atomic mass is 35.5. The predicted octanol–water partition coefficient (Wildman–Crippen LogP) is 3.62. The first kappa shape index (κ1) is 12.7. The van der Waals surface area contributed by atoms with Crippen LogP contribution in [0.1, 0.15) is 26.2 Å². The maximum absolute atomic E-state index is 6.14. The van der Waals surface area contributed by atoms with Crippen LogP contribution in [-0.4, -0.2) is 27.9 Å². The number of aromatic nitrogens is 2. The van der Waals surface area contributed by atoms with Gasteiger partial charge in [-0.2, -0.15) is 0 Å². The summed E-state index contributed by atoms with van der Waals surface area (Å²) in [4.78, 5) is 11.6. The molecule has 1 aromatic carbocycles. The van der Waals surface area contributed by atoms with Crippen molar-refractivity contribution >= 4 is 28.5 Å². The van der Waals surface area contributed by atoms with E-state index in [-0.39, 0.29) is 5.38 Å². The number of halogens is 1. The zero-order valence-corrected chi connectivity index (χ0v) is 11.8. The van der Waals surface area contributed by atoms with E-state index in [1.54, 1.807) is 0 Å². The van der Waals surface area contributed by atoms with Crippen LogP contribution in [0.5, 0.6) is 0 Å². The molecule has 100 valence electrons. The topological polar surface area (TPSA) is 29.0 Å². The maximum Gasteiger partial charge on any atom is 0.148 e. The summed E-state index contributed by atoms with van der Waals surface area (Å²) in [5, 5.41) is 0.207. The Balaban J connectivity index is 1.90. The molecule has 0 aliphatic carbocycles. The fourth-order valence-electron chi connectivity index (χ4n) is 2.84. The van der Waals surface area contributed by atoms with Crippen molar-refractivity contribution in [3.63, 3.8) is 0 Å². The van der Waals surface area contributed by atoms with E-state index in [1.165, 1.54) is 12.8 Å². The Morgan fingerprint density at radius 3 is 2.95 bits per heavy atom. The van der Waals surface area contributed by atoms with Crippen LogP contribution < -0.4 is 4.90 Å². The van der Waals surface area contributed by atoms with E-state index in [1.807, 2.05) is 30.5 Å². The van der Waals surface area contributed by atoms with Gasteiger partial charge in [0.15, 0.2) is 0 Å². The number of nitrogens with zero attached hydrogens (tertiary/aromatic N) is 3. The van der Waals surface area contributed by atoms with Gasteiger partial charge in [0.2, 0.25) is 0 Å². The monoisotopic (exact) mass is 275 g/mol. The third-order valence-electron chi connectivity index (χ3n) is 3.70. The summed E-state index contributed by atoms with van der Waals surface area (Å²) in [6.07, 6.45) is 5.31. The second-order valence-electron chi connectivity index (χ2n) is 5.22. The smallest absolute Gasteiger partial charge is 0.148 e. The quantitative estimate of drug-likeness (QED) is 0.801. The Bertz CT molecular complexity index is 570. The zero-order valence-electron chi connectivity index (χ0n) is 11.1. The van der Waals surface area contributed by atoms with Crippen LogP contribution in [0, 0.1) is 0 Å². The summed E-state index contributed by atoms with van der Waals surface area (Å²) in [7, 11) is 0. The van der Waals surface area contributed by atoms with Crippen molar-refractivity contribution in [3.05, 3.63) is 30.5 Å². The molecule has 3 nitrogen and oxygen atoms in total. The Hall–Kier alpha value is -1.35. The molecule has 4 heteroatoms. The minimum absolute atomic E-state index is 0.207. The van der Waals surface area contributed by atoms with Gasteiger partial charge in [-0.1, -0.05) is 12.1 Å². The van der Waals surface area contributed by atoms with Gasteiger partial charge in [-0.3, -0.25) is 4.98 Å². The second-order valence-corrected chi connectivity index (χ2v) is 5.97. The summed E-state index contributed by atoms with van der Waals surface area (Å²) in [6.45, 7) is 3.12. The first-order valence-corrected chi connectivity index (χ1v) is 7.30. The fraction of sp³-hybridized carbons (Fsp3) is 0.467. The molecule has 0 saturated carbocycles. The number of hydrogen-bond acceptors (Lipinski definition) is 3. The number of benzene rings is 1. The van der Waals surface area contributed by atoms with Crippen LogP contribution in [-0.2, 0) is 0 Å². The Morgan fingerprint density at radius 2 is 2.16 bits per heavy atom. The summed E-state index contributed by atoms with van der Waals surface area (Å²) < 4.78 is 0. The van der Waals surface area contributed by atoms with E-state index in [0.29, 0.717) is 6.04 Å². The Labute approximate surface area is 118 Å². The molecule has 1 fully saturated rings. The molecule has 3 rings (SSSR count). The summed E-state index contributed by atoms with van der Waals surface area (Å²) in [5.74, 6) is 0.985. The van der Waals surface area contributed by atoms with E-state index in [9.17, 15) is 0 Å². The van der Waals surface area contributed by atoms with E-state index < -0.39 is 0 Å². The van der Waals surface area contributed by atoms with Crippen molar-refractivity contribution in [1.29, 1.82) is 0 Å². The minimum atomic E-state index is 0.207. The molecule has 2 heterocycles. The molecular weight excluding hydrogens is 258 g/mol. The molecule has 2 aromatic rings. The average molecular weight is 276 g/mol. The van der Waals surface area contributed by atoms with Crippen molar-refractivity contribution in [1.82, 2.24) is 9.97 Å². The number of para-hydroxylation sites is 2. The first-order chi connectivity index (χ1) is 9.24. The molecule has 0 spiro atoms. The van der Waals surface area contributed by atoms with Gasteiger partial charge in [0.05, 0.1) is 17.2 Å². The number of alkyl halides is 1. The van der Waals surface area contributed by atoms with E-state index in [0.717, 1.165) is 29.8 Å². The molecule has 1 aliphatic rings. The summed E-state index contributed by atoms with van der Waals surface area (Å²) >= 11 is 6.14. The van der Waals surface area contributed by atoms with Crippen molar-refractivity contribution < 1.29 is 0 Å². The molecule has 1 saturated heterocycles. The summed E-state index contributed by atoms with van der Waals surface area (Å²) in [5.41, 5.74) is 1.91. The lowest BCUT2D eigenvalue weighted by atomic mass is 10.1. The predicted molar refractivity (Wildman–Crippen MR) is 79.8 cm³/mol. The normalized spacial score (nSPS) is 20.9. The van der Waals surface area contributed by atoms with Crippen molar-refractivity contribution in [2.45, 2.75) is 37.6 Å². The summed E-state index contributed by atoms with van der Waals surface area (Å²) in [6, 6.07) is 8.51. The van der Waals surface area contributed by atoms with Gasteiger partial charge >= 0.3 is 0 Å². The molecule has 0 bridgehead atoms. The van der Waals surface area contributed by atoms with Gasteiger partial charge in [0.1, 0.15) is 5.82 Å². The standard InChI is InChI=1S/C15H18ClN3/c1-11(16)9-12-5-4-8-19(12)15-10-17-13-6-2-3-7-14(13)18-15/h2-3,6-7,10-12H,4-5,8-9H2,1H3. The van der Waals surface area contributed by atoms with Crippen LogP contribution >= 0.6 is 11.6 Å². The average Bonchev–Trinajstić information content (AvgIpc) is 2.85. The SMILES string of the molecule is CC(Cl)CC1CCCN1c1cnc2ccccc2n1. The van der Waals surface area contributed by atoms with Crippen molar-refractivity contribution in [3.8, 4) is 0 Å². The third kappa shape index (κ3) is 2.66. The molecule has 0 N–H and O–H groups in total. The number of rotatable bonds is 3. The van der Waals surface area contributed by atoms with Gasteiger partial charge in [-0.15, -0.1) is 11.6 Å². The molecule has 1 aromatic heterocycles. The number of fused-ring (bicyclic) bond motifs is 1. The zero-order chi connectivity index (χ0) is 13.2. The molecular formula is C15H18ClN3.